The summed E-state index contributed by atoms with van der Waals surface area (Å²) in [6, 6.07) is 11.5. The standard InChI is InChI=1S/C25H32F2N2O3/c1-17-7-5-6-8-22(17)24-12-21(32-28-24)15-29(14-20(30)16-31-25(2,3)4)13-18-9-10-19(26)11-23(18)27/h5-11,20-21,30H,12-16H2,1-4H3/t20-,21-/m1/s1. The fourth-order valence-electron chi connectivity index (χ4n) is 3.66. The SMILES string of the molecule is Cc1ccccc1C1=NO[C@@H](CN(Cc2ccc(F)cc2F)C[C@@H](O)COC(C)(C)C)C1. The quantitative estimate of drug-likeness (QED) is 0.619. The number of nitrogens with zero attached hydrogens (tertiary/aromatic N) is 2. The average molecular weight is 447 g/mol. The van der Waals surface area contributed by atoms with E-state index in [0.717, 1.165) is 22.9 Å². The Morgan fingerprint density at radius 3 is 2.66 bits per heavy atom. The zero-order valence-corrected chi connectivity index (χ0v) is 19.1. The third-order valence-corrected chi connectivity index (χ3v) is 5.24. The van der Waals surface area contributed by atoms with Crippen molar-refractivity contribution >= 4 is 5.71 Å². The molecule has 0 spiro atoms. The van der Waals surface area contributed by atoms with Gasteiger partial charge in [-0.05, 0) is 39.3 Å². The normalized spacial score (nSPS) is 17.4. The maximum Gasteiger partial charge on any atom is 0.145 e. The second-order valence-corrected chi connectivity index (χ2v) is 9.29. The Kier molecular flexibility index (Phi) is 7.98. The van der Waals surface area contributed by atoms with E-state index in [4.69, 9.17) is 9.57 Å². The molecule has 174 valence electrons. The number of aliphatic hydroxyl groups is 1. The van der Waals surface area contributed by atoms with Crippen LogP contribution in [-0.2, 0) is 16.1 Å². The van der Waals surface area contributed by atoms with Crippen molar-refractivity contribution in [3.05, 3.63) is 70.8 Å². The largest absolute Gasteiger partial charge is 0.390 e. The molecule has 1 heterocycles. The van der Waals surface area contributed by atoms with E-state index in [-0.39, 0.29) is 31.4 Å². The van der Waals surface area contributed by atoms with Crippen molar-refractivity contribution in [3.8, 4) is 0 Å². The van der Waals surface area contributed by atoms with Gasteiger partial charge in [-0.1, -0.05) is 35.5 Å². The lowest BCUT2D eigenvalue weighted by molar-refractivity contribution is -0.0601. The average Bonchev–Trinajstić information content (AvgIpc) is 3.16. The lowest BCUT2D eigenvalue weighted by Crippen LogP contribution is -2.40. The summed E-state index contributed by atoms with van der Waals surface area (Å²) in [4.78, 5) is 7.56. The number of oxime groups is 1. The maximum absolute atomic E-state index is 14.3. The molecule has 2 aromatic rings. The van der Waals surface area contributed by atoms with Crippen LogP contribution in [0.15, 0.2) is 47.6 Å². The van der Waals surface area contributed by atoms with E-state index in [0.29, 0.717) is 18.5 Å². The molecule has 0 amide bonds. The molecule has 0 radical (unpaired) electrons. The molecule has 0 unspecified atom stereocenters. The van der Waals surface area contributed by atoms with E-state index in [1.807, 2.05) is 56.9 Å². The van der Waals surface area contributed by atoms with Crippen molar-refractivity contribution in [2.75, 3.05) is 19.7 Å². The summed E-state index contributed by atoms with van der Waals surface area (Å²) in [7, 11) is 0. The molecule has 0 fully saturated rings. The van der Waals surface area contributed by atoms with Crippen molar-refractivity contribution in [3.63, 3.8) is 0 Å². The minimum absolute atomic E-state index is 0.155. The zero-order valence-electron chi connectivity index (χ0n) is 19.1. The maximum atomic E-state index is 14.3. The summed E-state index contributed by atoms with van der Waals surface area (Å²) >= 11 is 0. The summed E-state index contributed by atoms with van der Waals surface area (Å²) in [6.45, 7) is 8.84. The van der Waals surface area contributed by atoms with Gasteiger partial charge in [-0.25, -0.2) is 8.78 Å². The fraction of sp³-hybridized carbons (Fsp3) is 0.480. The molecule has 5 nitrogen and oxygen atoms in total. The van der Waals surface area contributed by atoms with Gasteiger partial charge in [-0.2, -0.15) is 0 Å². The lowest BCUT2D eigenvalue weighted by atomic mass is 10.00. The van der Waals surface area contributed by atoms with Crippen molar-refractivity contribution < 1.29 is 23.5 Å². The molecule has 0 aromatic heterocycles. The predicted octanol–water partition coefficient (Wildman–Crippen LogP) is 4.44. The number of aliphatic hydroxyl groups excluding tert-OH is 1. The highest BCUT2D eigenvalue weighted by atomic mass is 19.1. The van der Waals surface area contributed by atoms with Crippen LogP contribution in [0.2, 0.25) is 0 Å². The van der Waals surface area contributed by atoms with Crippen LogP contribution in [0.25, 0.3) is 0 Å². The molecule has 2 aromatic carbocycles. The van der Waals surface area contributed by atoms with Gasteiger partial charge < -0.3 is 14.7 Å². The number of hydrogen-bond acceptors (Lipinski definition) is 5. The summed E-state index contributed by atoms with van der Waals surface area (Å²) in [5.74, 6) is -1.23. The first-order valence-electron chi connectivity index (χ1n) is 10.9. The smallest absolute Gasteiger partial charge is 0.145 e. The van der Waals surface area contributed by atoms with E-state index >= 15 is 0 Å². The molecule has 7 heteroatoms. The number of benzene rings is 2. The number of aryl methyl sites for hydroxylation is 1. The van der Waals surface area contributed by atoms with E-state index in [2.05, 4.69) is 5.16 Å². The van der Waals surface area contributed by atoms with Gasteiger partial charge in [0.25, 0.3) is 0 Å². The van der Waals surface area contributed by atoms with E-state index in [9.17, 15) is 13.9 Å². The first kappa shape index (κ1) is 24.3. The fourth-order valence-corrected chi connectivity index (χ4v) is 3.66. The Labute approximate surface area is 188 Å². The van der Waals surface area contributed by atoms with Crippen LogP contribution >= 0.6 is 0 Å². The Morgan fingerprint density at radius 2 is 1.97 bits per heavy atom. The summed E-state index contributed by atoms with van der Waals surface area (Å²) < 4.78 is 33.3. The van der Waals surface area contributed by atoms with Gasteiger partial charge >= 0.3 is 0 Å². The molecule has 1 aliphatic rings. The minimum atomic E-state index is -0.768. The van der Waals surface area contributed by atoms with Gasteiger partial charge in [-0.3, -0.25) is 4.90 Å². The van der Waals surface area contributed by atoms with Gasteiger partial charge in [0.05, 0.1) is 24.0 Å². The molecule has 0 saturated carbocycles. The van der Waals surface area contributed by atoms with Gasteiger partial charge in [0.15, 0.2) is 0 Å². The lowest BCUT2D eigenvalue weighted by Gasteiger charge is -2.28. The number of halogens is 2. The van der Waals surface area contributed by atoms with Gasteiger partial charge in [0.2, 0.25) is 0 Å². The molecule has 0 aliphatic carbocycles. The van der Waals surface area contributed by atoms with Gasteiger partial charge in [0, 0.05) is 43.2 Å². The third-order valence-electron chi connectivity index (χ3n) is 5.24. The van der Waals surface area contributed by atoms with E-state index in [1.54, 1.807) is 0 Å². The zero-order chi connectivity index (χ0) is 23.3. The summed E-state index contributed by atoms with van der Waals surface area (Å²) in [6.07, 6.45) is -0.387. The molecule has 32 heavy (non-hydrogen) atoms. The van der Waals surface area contributed by atoms with Gasteiger partial charge in [0.1, 0.15) is 17.7 Å². The van der Waals surface area contributed by atoms with Crippen LogP contribution in [0.4, 0.5) is 8.78 Å². The summed E-state index contributed by atoms with van der Waals surface area (Å²) in [5.41, 5.74) is 3.02. The van der Waals surface area contributed by atoms with Gasteiger partial charge in [-0.15, -0.1) is 0 Å². The van der Waals surface area contributed by atoms with Crippen LogP contribution in [0.3, 0.4) is 0 Å². The topological polar surface area (TPSA) is 54.3 Å². The van der Waals surface area contributed by atoms with Crippen molar-refractivity contribution in [1.29, 1.82) is 0 Å². The highest BCUT2D eigenvalue weighted by Crippen LogP contribution is 2.21. The number of ether oxygens (including phenoxy) is 1. The molecule has 2 atom stereocenters. The minimum Gasteiger partial charge on any atom is -0.390 e. The van der Waals surface area contributed by atoms with Crippen molar-refractivity contribution in [2.45, 2.75) is 58.5 Å². The Hall–Kier alpha value is -2.35. The highest BCUT2D eigenvalue weighted by Gasteiger charge is 2.27. The molecule has 3 rings (SSSR count). The Bertz CT molecular complexity index is 943. The second kappa shape index (κ2) is 10.5. The molecule has 0 bridgehead atoms. The van der Waals surface area contributed by atoms with Crippen LogP contribution in [0.1, 0.15) is 43.9 Å². The van der Waals surface area contributed by atoms with Crippen LogP contribution in [-0.4, -0.2) is 53.2 Å². The molecule has 1 N–H and O–H groups in total. The molecular formula is C25H32F2N2O3. The molecule has 1 aliphatic heterocycles. The number of rotatable bonds is 9. The first-order valence-corrected chi connectivity index (χ1v) is 10.9. The van der Waals surface area contributed by atoms with Crippen LogP contribution < -0.4 is 0 Å². The summed E-state index contributed by atoms with van der Waals surface area (Å²) in [5, 5.41) is 14.8. The van der Waals surface area contributed by atoms with Crippen LogP contribution in [0, 0.1) is 18.6 Å². The van der Waals surface area contributed by atoms with E-state index in [1.165, 1.54) is 12.1 Å². The highest BCUT2D eigenvalue weighted by molar-refractivity contribution is 6.02. The third kappa shape index (κ3) is 7.08. The second-order valence-electron chi connectivity index (χ2n) is 9.29. The van der Waals surface area contributed by atoms with Crippen molar-refractivity contribution in [1.82, 2.24) is 4.90 Å². The monoisotopic (exact) mass is 446 g/mol. The van der Waals surface area contributed by atoms with Crippen molar-refractivity contribution in [2.24, 2.45) is 5.16 Å². The Balaban J connectivity index is 1.67. The number of hydrogen-bond donors (Lipinski definition) is 1. The van der Waals surface area contributed by atoms with Crippen LogP contribution in [0.5, 0.6) is 0 Å². The first-order chi connectivity index (χ1) is 15.1. The molecular weight excluding hydrogens is 414 g/mol. The van der Waals surface area contributed by atoms with E-state index < -0.39 is 17.7 Å². The molecule has 0 saturated heterocycles. The predicted molar refractivity (Wildman–Crippen MR) is 121 cm³/mol. The Morgan fingerprint density at radius 1 is 1.22 bits per heavy atom.